The number of aromatic nitrogens is 1. The van der Waals surface area contributed by atoms with Crippen LogP contribution >= 0.6 is 11.8 Å². The second-order valence-corrected chi connectivity index (χ2v) is 5.80. The summed E-state index contributed by atoms with van der Waals surface area (Å²) in [7, 11) is 0. The third-order valence-corrected chi connectivity index (χ3v) is 3.93. The van der Waals surface area contributed by atoms with E-state index < -0.39 is 0 Å². The number of hydrogen-bond donors (Lipinski definition) is 1. The van der Waals surface area contributed by atoms with Gasteiger partial charge in [-0.25, -0.2) is 0 Å². The number of anilines is 1. The molecule has 0 saturated carbocycles. The van der Waals surface area contributed by atoms with Crippen LogP contribution < -0.4 is 5.32 Å². The van der Waals surface area contributed by atoms with Crippen molar-refractivity contribution >= 4 is 22.6 Å². The van der Waals surface area contributed by atoms with Crippen LogP contribution in [0.4, 0.5) is 5.69 Å². The van der Waals surface area contributed by atoms with E-state index in [-0.39, 0.29) is 0 Å². The normalized spacial score (nSPS) is 19.1. The fourth-order valence-corrected chi connectivity index (χ4v) is 2.40. The number of thioether (sulfide) groups is 1. The van der Waals surface area contributed by atoms with Gasteiger partial charge in [-0.3, -0.25) is 9.98 Å². The van der Waals surface area contributed by atoms with Gasteiger partial charge in [0.05, 0.1) is 11.4 Å². The average Bonchev–Trinajstić information content (AvgIpc) is 2.24. The lowest BCUT2D eigenvalue weighted by molar-refractivity contribution is 0.438. The first kappa shape index (κ1) is 11.5. The quantitative estimate of drug-likeness (QED) is 0.813. The zero-order chi connectivity index (χ0) is 11.6. The van der Waals surface area contributed by atoms with Crippen LogP contribution in [0.3, 0.4) is 0 Å². The van der Waals surface area contributed by atoms with Gasteiger partial charge in [-0.1, -0.05) is 25.6 Å². The maximum atomic E-state index is 4.56. The number of hydrogen-bond acceptors (Lipinski definition) is 4. The molecule has 0 aromatic carbocycles. The third-order valence-electron chi connectivity index (χ3n) is 2.50. The molecule has 1 aliphatic rings. The molecule has 1 aliphatic heterocycles. The number of pyridine rings is 1. The molecule has 0 radical (unpaired) electrons. The van der Waals surface area contributed by atoms with Crippen LogP contribution in [0.5, 0.6) is 0 Å². The molecule has 0 aliphatic carbocycles. The second kappa shape index (κ2) is 4.45. The van der Waals surface area contributed by atoms with Gasteiger partial charge in [0.2, 0.25) is 0 Å². The Morgan fingerprint density at radius 2 is 2.25 bits per heavy atom. The second-order valence-electron chi connectivity index (χ2n) is 4.84. The van der Waals surface area contributed by atoms with E-state index in [1.165, 1.54) is 0 Å². The van der Waals surface area contributed by atoms with Crippen molar-refractivity contribution in [2.75, 3.05) is 17.6 Å². The number of rotatable bonds is 1. The Kier molecular flexibility index (Phi) is 3.19. The highest BCUT2D eigenvalue weighted by Gasteiger charge is 2.23. The minimum Gasteiger partial charge on any atom is -0.334 e. The van der Waals surface area contributed by atoms with Crippen molar-refractivity contribution in [3.63, 3.8) is 0 Å². The summed E-state index contributed by atoms with van der Waals surface area (Å²) < 4.78 is 0. The monoisotopic (exact) mass is 235 g/mol. The molecule has 0 bridgehead atoms. The van der Waals surface area contributed by atoms with Crippen LogP contribution in [0.25, 0.3) is 0 Å². The number of nitrogens with zero attached hydrogens (tertiary/aromatic N) is 2. The first-order valence-corrected chi connectivity index (χ1v) is 6.41. The molecule has 16 heavy (non-hydrogen) atoms. The Morgan fingerprint density at radius 3 is 2.88 bits per heavy atom. The van der Waals surface area contributed by atoms with E-state index in [9.17, 15) is 0 Å². The fraction of sp³-hybridized carbons (Fsp3) is 0.500. The minimum absolute atomic E-state index is 0.319. The van der Waals surface area contributed by atoms with E-state index in [0.29, 0.717) is 5.41 Å². The zero-order valence-corrected chi connectivity index (χ0v) is 10.8. The lowest BCUT2D eigenvalue weighted by atomic mass is 9.97. The predicted molar refractivity (Wildman–Crippen MR) is 71.1 cm³/mol. The summed E-state index contributed by atoms with van der Waals surface area (Å²) in [4.78, 5) is 8.81. The van der Waals surface area contributed by atoms with Crippen LogP contribution in [0.1, 0.15) is 19.5 Å². The molecule has 0 saturated heterocycles. The highest BCUT2D eigenvalue weighted by molar-refractivity contribution is 8.14. The Labute approximate surface area is 101 Å². The lowest BCUT2D eigenvalue weighted by Gasteiger charge is -2.27. The SMILES string of the molecule is Cc1ncccc1NC1=NCC(C)(C)CS1. The Balaban J connectivity index is 2.07. The smallest absolute Gasteiger partial charge is 0.161 e. The van der Waals surface area contributed by atoms with Gasteiger partial charge in [0.1, 0.15) is 0 Å². The first-order chi connectivity index (χ1) is 7.57. The molecule has 0 unspecified atom stereocenters. The maximum absolute atomic E-state index is 4.56. The van der Waals surface area contributed by atoms with Crippen molar-refractivity contribution in [2.45, 2.75) is 20.8 Å². The molecule has 2 rings (SSSR count). The zero-order valence-electron chi connectivity index (χ0n) is 9.95. The van der Waals surface area contributed by atoms with Crippen LogP contribution in [0.2, 0.25) is 0 Å². The summed E-state index contributed by atoms with van der Waals surface area (Å²) in [5, 5.41) is 4.35. The number of aryl methyl sites for hydroxylation is 1. The molecule has 0 spiro atoms. The van der Waals surface area contributed by atoms with E-state index in [1.54, 1.807) is 18.0 Å². The Bertz CT molecular complexity index is 412. The summed E-state index contributed by atoms with van der Waals surface area (Å²) in [6.07, 6.45) is 1.81. The van der Waals surface area contributed by atoms with Crippen molar-refractivity contribution in [3.8, 4) is 0 Å². The van der Waals surface area contributed by atoms with Gasteiger partial charge in [-0.15, -0.1) is 0 Å². The largest absolute Gasteiger partial charge is 0.334 e. The highest BCUT2D eigenvalue weighted by atomic mass is 32.2. The van der Waals surface area contributed by atoms with Gasteiger partial charge < -0.3 is 5.32 Å². The molecular weight excluding hydrogens is 218 g/mol. The molecule has 1 N–H and O–H groups in total. The van der Waals surface area contributed by atoms with Crippen LogP contribution in [0.15, 0.2) is 23.3 Å². The molecule has 1 aromatic rings. The van der Waals surface area contributed by atoms with Crippen LogP contribution in [0, 0.1) is 12.3 Å². The summed E-state index contributed by atoms with van der Waals surface area (Å²) in [5.41, 5.74) is 2.38. The number of amidine groups is 1. The topological polar surface area (TPSA) is 37.3 Å². The van der Waals surface area contributed by atoms with E-state index in [1.807, 2.05) is 19.1 Å². The molecule has 4 heteroatoms. The Morgan fingerprint density at radius 1 is 1.44 bits per heavy atom. The summed E-state index contributed by atoms with van der Waals surface area (Å²) >= 11 is 1.78. The van der Waals surface area contributed by atoms with E-state index in [0.717, 1.165) is 28.8 Å². The van der Waals surface area contributed by atoms with Gasteiger partial charge in [-0.05, 0) is 24.5 Å². The van der Waals surface area contributed by atoms with Gasteiger partial charge in [-0.2, -0.15) is 0 Å². The molecule has 0 fully saturated rings. The molecule has 0 amide bonds. The van der Waals surface area contributed by atoms with E-state index in [4.69, 9.17) is 0 Å². The van der Waals surface area contributed by atoms with Crippen molar-refractivity contribution < 1.29 is 0 Å². The fourth-order valence-electron chi connectivity index (χ4n) is 1.45. The van der Waals surface area contributed by atoms with Crippen molar-refractivity contribution in [3.05, 3.63) is 24.0 Å². The van der Waals surface area contributed by atoms with Crippen LogP contribution in [-0.2, 0) is 0 Å². The van der Waals surface area contributed by atoms with Crippen molar-refractivity contribution in [2.24, 2.45) is 10.4 Å². The molecule has 0 atom stereocenters. The van der Waals surface area contributed by atoms with Gasteiger partial charge >= 0.3 is 0 Å². The average molecular weight is 235 g/mol. The lowest BCUT2D eigenvalue weighted by Crippen LogP contribution is -2.27. The molecular formula is C12H17N3S. The molecule has 1 aromatic heterocycles. The van der Waals surface area contributed by atoms with Gasteiger partial charge in [0, 0.05) is 18.5 Å². The van der Waals surface area contributed by atoms with Crippen molar-refractivity contribution in [1.29, 1.82) is 0 Å². The van der Waals surface area contributed by atoms with E-state index >= 15 is 0 Å². The van der Waals surface area contributed by atoms with Crippen molar-refractivity contribution in [1.82, 2.24) is 4.98 Å². The predicted octanol–water partition coefficient (Wildman–Crippen LogP) is 2.93. The summed E-state index contributed by atoms with van der Waals surface area (Å²) in [6.45, 7) is 7.38. The Hall–Kier alpha value is -1.03. The molecule has 2 heterocycles. The highest BCUT2D eigenvalue weighted by Crippen LogP contribution is 2.28. The van der Waals surface area contributed by atoms with Gasteiger partial charge in [0.15, 0.2) is 5.17 Å². The third kappa shape index (κ3) is 2.76. The van der Waals surface area contributed by atoms with E-state index in [2.05, 4.69) is 29.1 Å². The van der Waals surface area contributed by atoms with Crippen LogP contribution in [-0.4, -0.2) is 22.4 Å². The number of nitrogens with one attached hydrogen (secondary N) is 1. The standard InChI is InChI=1S/C12H17N3S/c1-9-10(5-4-6-13-9)15-11-14-7-12(2,3)8-16-11/h4-6H,7-8H2,1-3H3,(H,14,15). The first-order valence-electron chi connectivity index (χ1n) is 5.43. The summed E-state index contributed by atoms with van der Waals surface area (Å²) in [6, 6.07) is 3.97. The minimum atomic E-state index is 0.319. The maximum Gasteiger partial charge on any atom is 0.161 e. The number of aliphatic imine (C=N–C) groups is 1. The molecule has 3 nitrogen and oxygen atoms in total. The van der Waals surface area contributed by atoms with Gasteiger partial charge in [0.25, 0.3) is 0 Å². The molecule has 86 valence electrons. The summed E-state index contributed by atoms with van der Waals surface area (Å²) in [5.74, 6) is 1.11.